The number of carbonyl (C=O) groups is 1. The first-order valence-electron chi connectivity index (χ1n) is 9.29. The number of carbonyl (C=O) groups excluding carboxylic acids is 1. The Balaban J connectivity index is 1.58. The molecular weight excluding hydrogens is 322 g/mol. The third kappa shape index (κ3) is 5.21. The van der Waals surface area contributed by atoms with Gasteiger partial charge in [0.1, 0.15) is 0 Å². The number of hydrogen-bond acceptors (Lipinski definition) is 3. The van der Waals surface area contributed by atoms with Gasteiger partial charge >= 0.3 is 5.97 Å². The van der Waals surface area contributed by atoms with E-state index < -0.39 is 0 Å². The number of nitrogens with one attached hydrogen (secondary N) is 1. The molecule has 1 fully saturated rings. The first kappa shape index (κ1) is 18.2. The van der Waals surface area contributed by atoms with Gasteiger partial charge < -0.3 is 4.74 Å². The summed E-state index contributed by atoms with van der Waals surface area (Å²) in [6.07, 6.45) is 5.71. The second-order valence-corrected chi connectivity index (χ2v) is 6.73. The molecule has 0 radical (unpaired) electrons. The van der Waals surface area contributed by atoms with Crippen LogP contribution in [0.2, 0.25) is 0 Å². The van der Waals surface area contributed by atoms with Gasteiger partial charge in [0.05, 0.1) is 11.1 Å². The van der Waals surface area contributed by atoms with E-state index in [1.54, 1.807) is 12.1 Å². The van der Waals surface area contributed by atoms with Crippen molar-refractivity contribution in [2.45, 2.75) is 44.2 Å². The maximum atomic E-state index is 12.0. The minimum absolute atomic E-state index is 0.127. The molecule has 0 spiro atoms. The maximum Gasteiger partial charge on any atom is 0.339 e. The summed E-state index contributed by atoms with van der Waals surface area (Å²) in [5, 5.41) is 3.66. The molecule has 1 aliphatic carbocycles. The fourth-order valence-electron chi connectivity index (χ4n) is 3.33. The van der Waals surface area contributed by atoms with Gasteiger partial charge in [0.2, 0.25) is 0 Å². The summed E-state index contributed by atoms with van der Waals surface area (Å²) in [6, 6.07) is 19.4. The van der Waals surface area contributed by atoms with Gasteiger partial charge in [0.25, 0.3) is 0 Å². The SMILES string of the molecule is O=C(OCC#CC1(NCc2ccccc2)CCCCC1)c1ccccc1. The molecule has 2 aromatic carbocycles. The molecule has 3 nitrogen and oxygen atoms in total. The van der Waals surface area contributed by atoms with Crippen LogP contribution in [0.4, 0.5) is 0 Å². The zero-order valence-corrected chi connectivity index (χ0v) is 15.0. The number of hydrogen-bond donors (Lipinski definition) is 1. The number of ether oxygens (including phenoxy) is 1. The van der Waals surface area contributed by atoms with E-state index in [1.807, 2.05) is 24.3 Å². The second-order valence-electron chi connectivity index (χ2n) is 6.73. The fraction of sp³-hybridized carbons (Fsp3) is 0.348. The van der Waals surface area contributed by atoms with E-state index in [2.05, 4.69) is 41.4 Å². The van der Waals surface area contributed by atoms with Crippen molar-refractivity contribution in [3.05, 3.63) is 71.8 Å². The van der Waals surface area contributed by atoms with Gasteiger partial charge in [-0.25, -0.2) is 4.79 Å². The summed E-state index contributed by atoms with van der Waals surface area (Å²) in [5.41, 5.74) is 1.64. The monoisotopic (exact) mass is 347 g/mol. The second kappa shape index (κ2) is 9.22. The van der Waals surface area contributed by atoms with Crippen molar-refractivity contribution in [3.8, 4) is 11.8 Å². The Hall–Kier alpha value is -2.57. The van der Waals surface area contributed by atoms with Crippen LogP contribution >= 0.6 is 0 Å². The van der Waals surface area contributed by atoms with Crippen molar-refractivity contribution in [1.82, 2.24) is 5.32 Å². The van der Waals surface area contributed by atoms with Crippen LogP contribution in [0.25, 0.3) is 0 Å². The summed E-state index contributed by atoms with van der Waals surface area (Å²) >= 11 is 0. The van der Waals surface area contributed by atoms with Crippen LogP contribution < -0.4 is 5.32 Å². The van der Waals surface area contributed by atoms with Crippen molar-refractivity contribution in [2.24, 2.45) is 0 Å². The summed E-state index contributed by atoms with van der Waals surface area (Å²) < 4.78 is 5.29. The van der Waals surface area contributed by atoms with E-state index in [4.69, 9.17) is 4.74 Å². The van der Waals surface area contributed by atoms with E-state index >= 15 is 0 Å². The molecule has 1 saturated carbocycles. The van der Waals surface area contributed by atoms with Crippen LogP contribution in [0, 0.1) is 11.8 Å². The Morgan fingerprint density at radius 1 is 0.962 bits per heavy atom. The van der Waals surface area contributed by atoms with Gasteiger partial charge in [0, 0.05) is 6.54 Å². The molecule has 0 atom stereocenters. The highest BCUT2D eigenvalue weighted by atomic mass is 16.5. The van der Waals surface area contributed by atoms with Crippen LogP contribution in [0.5, 0.6) is 0 Å². The molecule has 0 saturated heterocycles. The van der Waals surface area contributed by atoms with E-state index in [0.29, 0.717) is 5.56 Å². The first-order chi connectivity index (χ1) is 12.8. The quantitative estimate of drug-likeness (QED) is 0.646. The molecule has 0 unspecified atom stereocenters. The molecular formula is C23H25NO2. The molecule has 0 aromatic heterocycles. The van der Waals surface area contributed by atoms with Crippen molar-refractivity contribution in [1.29, 1.82) is 0 Å². The number of esters is 1. The zero-order chi connectivity index (χ0) is 18.1. The number of benzene rings is 2. The molecule has 1 aliphatic rings. The van der Waals surface area contributed by atoms with Crippen LogP contribution in [-0.2, 0) is 11.3 Å². The lowest BCUT2D eigenvalue weighted by molar-refractivity contribution is 0.0556. The normalized spacial score (nSPS) is 15.5. The van der Waals surface area contributed by atoms with Crippen LogP contribution in [-0.4, -0.2) is 18.1 Å². The predicted octanol–water partition coefficient (Wildman–Crippen LogP) is 4.34. The highest BCUT2D eigenvalue weighted by molar-refractivity contribution is 5.89. The summed E-state index contributed by atoms with van der Waals surface area (Å²) in [6.45, 7) is 0.932. The fourth-order valence-corrected chi connectivity index (χ4v) is 3.33. The Morgan fingerprint density at radius 2 is 1.62 bits per heavy atom. The van der Waals surface area contributed by atoms with E-state index in [1.165, 1.54) is 24.8 Å². The van der Waals surface area contributed by atoms with E-state index in [0.717, 1.165) is 19.4 Å². The van der Waals surface area contributed by atoms with Crippen molar-refractivity contribution < 1.29 is 9.53 Å². The summed E-state index contributed by atoms with van der Waals surface area (Å²) in [7, 11) is 0. The van der Waals surface area contributed by atoms with Gasteiger partial charge in [-0.15, -0.1) is 0 Å². The average molecular weight is 347 g/mol. The first-order valence-corrected chi connectivity index (χ1v) is 9.29. The standard InChI is InChI=1S/C23H25NO2/c25-22(21-13-6-2-7-14-21)26-18-10-17-23(15-8-3-9-16-23)24-19-20-11-4-1-5-12-20/h1-2,4-7,11-14,24H,3,8-9,15-16,18-19H2. The van der Waals surface area contributed by atoms with Gasteiger partial charge in [0.15, 0.2) is 6.61 Å². The van der Waals surface area contributed by atoms with Gasteiger partial charge in [-0.2, -0.15) is 0 Å². The Labute approximate surface area is 155 Å². The molecule has 26 heavy (non-hydrogen) atoms. The zero-order valence-electron chi connectivity index (χ0n) is 15.0. The van der Waals surface area contributed by atoms with Gasteiger partial charge in [-0.3, -0.25) is 5.32 Å². The van der Waals surface area contributed by atoms with Gasteiger partial charge in [-0.1, -0.05) is 79.6 Å². The van der Waals surface area contributed by atoms with Crippen molar-refractivity contribution in [3.63, 3.8) is 0 Å². The molecule has 1 N–H and O–H groups in total. The summed E-state index contributed by atoms with van der Waals surface area (Å²) in [4.78, 5) is 12.0. The highest BCUT2D eigenvalue weighted by Crippen LogP contribution is 2.28. The van der Waals surface area contributed by atoms with E-state index in [9.17, 15) is 4.79 Å². The van der Waals surface area contributed by atoms with Gasteiger partial charge in [-0.05, 0) is 30.5 Å². The molecule has 134 valence electrons. The average Bonchev–Trinajstić information content (AvgIpc) is 2.72. The minimum Gasteiger partial charge on any atom is -0.449 e. The lowest BCUT2D eigenvalue weighted by Crippen LogP contribution is -2.45. The predicted molar refractivity (Wildman–Crippen MR) is 104 cm³/mol. The highest BCUT2D eigenvalue weighted by Gasteiger charge is 2.29. The molecule has 0 aliphatic heterocycles. The minimum atomic E-state index is -0.324. The largest absolute Gasteiger partial charge is 0.449 e. The molecule has 3 rings (SSSR count). The van der Waals surface area contributed by atoms with Crippen LogP contribution in [0.15, 0.2) is 60.7 Å². The third-order valence-electron chi connectivity index (χ3n) is 4.79. The lowest BCUT2D eigenvalue weighted by atomic mass is 9.82. The Kier molecular flexibility index (Phi) is 6.46. The Bertz CT molecular complexity index is 753. The number of rotatable bonds is 5. The molecule has 3 heteroatoms. The third-order valence-corrected chi connectivity index (χ3v) is 4.79. The molecule has 0 heterocycles. The van der Waals surface area contributed by atoms with Crippen molar-refractivity contribution in [2.75, 3.05) is 6.61 Å². The summed E-state index contributed by atoms with van der Waals surface area (Å²) in [5.74, 6) is 6.13. The van der Waals surface area contributed by atoms with Crippen LogP contribution in [0.3, 0.4) is 0 Å². The topological polar surface area (TPSA) is 38.3 Å². The molecule has 0 amide bonds. The van der Waals surface area contributed by atoms with Crippen LogP contribution in [0.1, 0.15) is 48.0 Å². The van der Waals surface area contributed by atoms with Crippen molar-refractivity contribution >= 4 is 5.97 Å². The Morgan fingerprint density at radius 3 is 2.31 bits per heavy atom. The maximum absolute atomic E-state index is 12.0. The lowest BCUT2D eigenvalue weighted by Gasteiger charge is -2.33. The smallest absolute Gasteiger partial charge is 0.339 e. The molecule has 2 aromatic rings. The van der Waals surface area contributed by atoms with E-state index in [-0.39, 0.29) is 18.1 Å². The molecule has 0 bridgehead atoms.